The molecule has 2 heterocycles. The molecule has 67 heavy (non-hydrogen) atoms. The van der Waals surface area contributed by atoms with E-state index in [4.69, 9.17) is 42.4 Å². The van der Waals surface area contributed by atoms with Crippen molar-refractivity contribution in [3.63, 3.8) is 0 Å². The van der Waals surface area contributed by atoms with Crippen LogP contribution in [0.25, 0.3) is 0 Å². The summed E-state index contributed by atoms with van der Waals surface area (Å²) in [6.45, 7) is 10.5. The number of hydrogen-bond acceptors (Lipinski definition) is 22. The van der Waals surface area contributed by atoms with Crippen LogP contribution in [-0.4, -0.2) is 177 Å². The van der Waals surface area contributed by atoms with E-state index in [-0.39, 0.29) is 51.4 Å². The molecule has 8 N–H and O–H groups in total. The van der Waals surface area contributed by atoms with Crippen LogP contribution in [-0.2, 0) is 76.0 Å². The Hall–Kier alpha value is -3.68. The van der Waals surface area contributed by atoms with Gasteiger partial charge in [0, 0.05) is 6.42 Å². The number of aliphatic hydroxyl groups is 4. The van der Waals surface area contributed by atoms with Crippen molar-refractivity contribution in [2.24, 2.45) is 0 Å². The van der Waals surface area contributed by atoms with Crippen molar-refractivity contribution in [2.75, 3.05) is 19.9 Å². The van der Waals surface area contributed by atoms with Gasteiger partial charge in [-0.25, -0.2) is 0 Å². The minimum absolute atomic E-state index is 0.00323. The molecule has 14 atom stereocenters. The average molecular weight is 989 g/mol. The van der Waals surface area contributed by atoms with Gasteiger partial charge < -0.3 is 9.84 Å². The first-order valence-corrected chi connectivity index (χ1v) is 25.1. The number of carbonyl (C=O) groups is 7. The van der Waals surface area contributed by atoms with Crippen molar-refractivity contribution < 1.29 is 106 Å². The van der Waals surface area contributed by atoms with Crippen molar-refractivity contribution in [3.05, 3.63) is 0 Å². The quantitative estimate of drug-likeness (QED) is 0.0281. The third-order valence-corrected chi connectivity index (χ3v) is 11.4. The molecule has 2 fully saturated rings. The van der Waals surface area contributed by atoms with E-state index in [1.165, 1.54) is 0 Å². The molecule has 0 radical (unpaired) electrons. The first-order valence-electron chi connectivity index (χ1n) is 22.8. The summed E-state index contributed by atoms with van der Waals surface area (Å²) in [5, 5.41) is 48.7. The van der Waals surface area contributed by atoms with Gasteiger partial charge in [0.05, 0.1) is 18.9 Å². The van der Waals surface area contributed by atoms with Crippen molar-refractivity contribution in [2.45, 2.75) is 205 Å². The molecular formula is C42H73N2O22P. The van der Waals surface area contributed by atoms with E-state index < -0.39 is 168 Å². The molecule has 0 saturated carbocycles. The Morgan fingerprint density at radius 3 is 1.51 bits per heavy atom. The summed E-state index contributed by atoms with van der Waals surface area (Å²) in [7, 11) is -4.60. The third kappa shape index (κ3) is 20.1. The van der Waals surface area contributed by atoms with E-state index in [0.717, 1.165) is 6.66 Å². The second-order valence-electron chi connectivity index (χ2n) is 16.2. The average Bonchev–Trinajstić information content (AvgIpc) is 3.27. The third-order valence-electron chi connectivity index (χ3n) is 10.7. The Labute approximate surface area is 390 Å². The molecule has 2 aliphatic rings. The van der Waals surface area contributed by atoms with Crippen molar-refractivity contribution in [1.29, 1.82) is 0 Å². The van der Waals surface area contributed by atoms with Gasteiger partial charge in [0.2, 0.25) is 5.91 Å². The van der Waals surface area contributed by atoms with E-state index in [1.54, 1.807) is 48.5 Å². The summed E-state index contributed by atoms with van der Waals surface area (Å²) in [5.41, 5.74) is 0. The number of aliphatic hydroxyl groups excluding tert-OH is 4. The van der Waals surface area contributed by atoms with Gasteiger partial charge in [0.15, 0.2) is 0 Å². The fourth-order valence-electron chi connectivity index (χ4n) is 6.88. The smallest absolute Gasteiger partial charge is 0.393 e. The Morgan fingerprint density at radius 2 is 1.06 bits per heavy atom. The summed E-state index contributed by atoms with van der Waals surface area (Å²) < 4.78 is 50.6. The van der Waals surface area contributed by atoms with Gasteiger partial charge in [-0.3, -0.25) is 14.4 Å². The molecule has 0 bridgehead atoms. The summed E-state index contributed by atoms with van der Waals surface area (Å²) in [4.78, 5) is 111. The molecule has 388 valence electrons. The Balaban J connectivity index is 2.60. The van der Waals surface area contributed by atoms with Gasteiger partial charge in [-0.15, -0.1) is 0 Å². The van der Waals surface area contributed by atoms with Crippen LogP contribution < -0.4 is 10.6 Å². The Bertz CT molecular complexity index is 1600. The van der Waals surface area contributed by atoms with Crippen LogP contribution in [0.2, 0.25) is 0 Å². The number of nitrogens with one attached hydrogen (secondary N) is 2. The summed E-state index contributed by atoms with van der Waals surface area (Å²) in [5.74, 6) is -5.42. The first-order chi connectivity index (χ1) is 31.6. The fourth-order valence-corrected chi connectivity index (χ4v) is 7.68. The van der Waals surface area contributed by atoms with Crippen LogP contribution in [0, 0.1) is 0 Å². The minimum Gasteiger partial charge on any atom is -0.393 e. The zero-order chi connectivity index (χ0) is 50.6. The molecular weight excluding hydrogens is 915 g/mol. The molecule has 0 aromatic heterocycles. The number of rotatable bonds is 28. The maximum atomic E-state index is 13.8. The van der Waals surface area contributed by atoms with Crippen LogP contribution in [0.4, 0.5) is 0 Å². The Kier molecular flexibility index (Phi) is 26.1. The van der Waals surface area contributed by atoms with Gasteiger partial charge in [0.25, 0.3) is 0 Å². The van der Waals surface area contributed by atoms with Crippen LogP contribution >= 0.6 is 7.94 Å². The molecule has 0 aromatic rings. The predicted octanol–water partition coefficient (Wildman–Crippen LogP) is -0.387. The SMILES string of the molecule is CCC(=O)OC(CC)CC(=O)NC1C(O)OC(COC2OC(CO)C(O[PH](C)(O)O)C(OC(=O)CC(CC)OC(=O)CC)C2NC(=O)CC(CC)OC(=O)CC)C(O)C1OC(=O)CC(O)CC. The number of amides is 2. The molecule has 24 nitrogen and oxygen atoms in total. The molecule has 14 unspecified atom stereocenters. The van der Waals surface area contributed by atoms with Gasteiger partial charge >= 0.3 is 296 Å². The normalized spacial score (nSPS) is 27.3. The van der Waals surface area contributed by atoms with Crippen molar-refractivity contribution in [1.82, 2.24) is 10.6 Å². The Morgan fingerprint density at radius 1 is 0.597 bits per heavy atom. The van der Waals surface area contributed by atoms with E-state index in [2.05, 4.69) is 10.6 Å². The van der Waals surface area contributed by atoms with Gasteiger partial charge in [0.1, 0.15) is 6.10 Å². The number of carbonyl (C=O) groups excluding carboxylic acids is 7. The summed E-state index contributed by atoms with van der Waals surface area (Å²) >= 11 is 0. The summed E-state index contributed by atoms with van der Waals surface area (Å²) in [6, 6.07) is -3.31. The number of esters is 5. The van der Waals surface area contributed by atoms with Crippen molar-refractivity contribution in [3.8, 4) is 0 Å². The second kappa shape index (κ2) is 29.4. The zero-order valence-electron chi connectivity index (χ0n) is 39.5. The predicted molar refractivity (Wildman–Crippen MR) is 232 cm³/mol. The fraction of sp³-hybridized carbons (Fsp3) is 0.833. The van der Waals surface area contributed by atoms with Gasteiger partial charge in [-0.2, -0.15) is 0 Å². The van der Waals surface area contributed by atoms with Crippen LogP contribution in [0.15, 0.2) is 0 Å². The van der Waals surface area contributed by atoms with Crippen molar-refractivity contribution >= 4 is 49.6 Å². The van der Waals surface area contributed by atoms with Gasteiger partial charge in [-0.1, -0.05) is 20.8 Å². The van der Waals surface area contributed by atoms with E-state index in [1.807, 2.05) is 0 Å². The number of hydrogen-bond donors (Lipinski definition) is 8. The molecule has 0 aliphatic carbocycles. The van der Waals surface area contributed by atoms with E-state index in [9.17, 15) is 63.8 Å². The molecule has 2 aliphatic heterocycles. The molecule has 2 rings (SSSR count). The maximum absolute atomic E-state index is 13.8. The van der Waals surface area contributed by atoms with E-state index >= 15 is 0 Å². The van der Waals surface area contributed by atoms with Crippen LogP contribution in [0.1, 0.15) is 119 Å². The molecule has 0 aromatic carbocycles. The summed E-state index contributed by atoms with van der Waals surface area (Å²) in [6.07, 6.45) is -19.2. The van der Waals surface area contributed by atoms with Crippen LogP contribution in [0.5, 0.6) is 0 Å². The van der Waals surface area contributed by atoms with Crippen LogP contribution in [0.3, 0.4) is 0 Å². The zero-order valence-corrected chi connectivity index (χ0v) is 40.5. The topological polar surface area (TPSA) is 348 Å². The minimum atomic E-state index is -4.60. The first kappa shape index (κ1) is 59.4. The second-order valence-corrected chi connectivity index (χ2v) is 18.3. The molecule has 25 heteroatoms. The molecule has 0 spiro atoms. The molecule has 2 saturated heterocycles. The number of ether oxygens (including phenoxy) is 8. The van der Waals surface area contributed by atoms with E-state index in [0.29, 0.717) is 0 Å². The molecule has 2 amide bonds. The standard InChI is InChI=1S/C42H73N2O22P/c1-9-22(46)16-33(52)64-39-35(43-28(47)17-23(10-2)59-30(49)13-5)41(55)62-27(37(39)54)21-58-42-36(44-29(48)18-24(11-3)60-31(50)14-6)40(38(26(20-45)63-42)66-67(8,56)57)65-34(53)19-25(12-4)61-32(51)15-7/h22-27,35-42,45-46,54-57,67H,9-21H2,1-8H3,(H,43,47)(H,44,48). The van der Waals surface area contributed by atoms with Gasteiger partial charge in [-0.05, 0) is 12.8 Å². The monoisotopic (exact) mass is 988 g/mol.